The summed E-state index contributed by atoms with van der Waals surface area (Å²) in [6.45, 7) is 7.39. The van der Waals surface area contributed by atoms with Crippen LogP contribution in [-0.2, 0) is 13.2 Å². The van der Waals surface area contributed by atoms with E-state index in [1.807, 2.05) is 12.1 Å². The second-order valence-corrected chi connectivity index (χ2v) is 5.03. The van der Waals surface area contributed by atoms with Crippen molar-refractivity contribution in [3.8, 4) is 5.75 Å². The Morgan fingerprint density at radius 2 is 2.05 bits per heavy atom. The minimum Gasteiger partial charge on any atom is -0.486 e. The van der Waals surface area contributed by atoms with Gasteiger partial charge in [0.25, 0.3) is 0 Å². The van der Waals surface area contributed by atoms with Crippen molar-refractivity contribution in [1.29, 1.82) is 0 Å². The molecule has 2 rings (SSSR count). The molecule has 0 atom stereocenters. The zero-order valence-electron chi connectivity index (χ0n) is 11.8. The number of benzene rings is 1. The molecule has 0 bridgehead atoms. The maximum Gasteiger partial charge on any atom is 0.146 e. The Labute approximate surface area is 114 Å². The lowest BCUT2D eigenvalue weighted by Crippen LogP contribution is -2.02. The summed E-state index contributed by atoms with van der Waals surface area (Å²) >= 11 is 0. The van der Waals surface area contributed by atoms with Crippen molar-refractivity contribution in [3.63, 3.8) is 0 Å². The summed E-state index contributed by atoms with van der Waals surface area (Å²) in [5, 5.41) is 0. The van der Waals surface area contributed by atoms with Crippen molar-refractivity contribution in [2.45, 2.75) is 39.8 Å². The SMILES string of the molecule is Cc1cc(OCc2occc2CN)ccc1C(C)C. The molecule has 3 nitrogen and oxygen atoms in total. The van der Waals surface area contributed by atoms with Crippen LogP contribution in [0.2, 0.25) is 0 Å². The summed E-state index contributed by atoms with van der Waals surface area (Å²) in [6.07, 6.45) is 1.65. The molecular weight excluding hydrogens is 238 g/mol. The molecule has 19 heavy (non-hydrogen) atoms. The van der Waals surface area contributed by atoms with Gasteiger partial charge in [0.05, 0.1) is 6.26 Å². The molecule has 0 aliphatic heterocycles. The third-order valence-electron chi connectivity index (χ3n) is 3.29. The summed E-state index contributed by atoms with van der Waals surface area (Å²) in [5.41, 5.74) is 9.23. The molecule has 0 fully saturated rings. The van der Waals surface area contributed by atoms with Crippen molar-refractivity contribution < 1.29 is 9.15 Å². The van der Waals surface area contributed by atoms with Crippen molar-refractivity contribution in [2.24, 2.45) is 5.73 Å². The van der Waals surface area contributed by atoms with Gasteiger partial charge in [-0.05, 0) is 42.2 Å². The Kier molecular flexibility index (Phi) is 4.27. The average molecular weight is 259 g/mol. The number of hydrogen-bond acceptors (Lipinski definition) is 3. The maximum absolute atomic E-state index is 5.76. The van der Waals surface area contributed by atoms with Crippen LogP contribution in [0.4, 0.5) is 0 Å². The third kappa shape index (κ3) is 3.18. The zero-order valence-corrected chi connectivity index (χ0v) is 11.8. The predicted molar refractivity (Wildman–Crippen MR) is 76.2 cm³/mol. The number of aryl methyl sites for hydroxylation is 1. The van der Waals surface area contributed by atoms with E-state index in [2.05, 4.69) is 32.9 Å². The quantitative estimate of drug-likeness (QED) is 0.889. The summed E-state index contributed by atoms with van der Waals surface area (Å²) in [6, 6.07) is 8.08. The highest BCUT2D eigenvalue weighted by Gasteiger charge is 2.07. The van der Waals surface area contributed by atoms with Crippen LogP contribution in [-0.4, -0.2) is 0 Å². The van der Waals surface area contributed by atoms with E-state index in [1.165, 1.54) is 11.1 Å². The van der Waals surface area contributed by atoms with Crippen molar-refractivity contribution >= 4 is 0 Å². The highest BCUT2D eigenvalue weighted by atomic mass is 16.5. The van der Waals surface area contributed by atoms with Crippen LogP contribution in [0.3, 0.4) is 0 Å². The smallest absolute Gasteiger partial charge is 0.146 e. The van der Waals surface area contributed by atoms with E-state index in [9.17, 15) is 0 Å². The summed E-state index contributed by atoms with van der Waals surface area (Å²) < 4.78 is 11.1. The first-order chi connectivity index (χ1) is 9.11. The molecule has 0 aliphatic carbocycles. The van der Waals surface area contributed by atoms with E-state index >= 15 is 0 Å². The molecule has 1 aromatic carbocycles. The monoisotopic (exact) mass is 259 g/mol. The molecule has 0 unspecified atom stereocenters. The number of rotatable bonds is 5. The van der Waals surface area contributed by atoms with Gasteiger partial charge < -0.3 is 14.9 Å². The fraction of sp³-hybridized carbons (Fsp3) is 0.375. The minimum absolute atomic E-state index is 0.417. The number of nitrogens with two attached hydrogens (primary N) is 1. The summed E-state index contributed by atoms with van der Waals surface area (Å²) in [5.74, 6) is 2.19. The minimum atomic E-state index is 0.417. The number of furan rings is 1. The topological polar surface area (TPSA) is 48.4 Å². The van der Waals surface area contributed by atoms with Gasteiger partial charge in [-0.25, -0.2) is 0 Å². The molecule has 102 valence electrons. The van der Waals surface area contributed by atoms with E-state index in [4.69, 9.17) is 14.9 Å². The molecule has 0 spiro atoms. The lowest BCUT2D eigenvalue weighted by atomic mass is 9.98. The first-order valence-electron chi connectivity index (χ1n) is 6.60. The second-order valence-electron chi connectivity index (χ2n) is 5.03. The molecule has 0 saturated carbocycles. The average Bonchev–Trinajstić information content (AvgIpc) is 2.83. The number of ether oxygens (including phenoxy) is 1. The molecule has 1 aromatic heterocycles. The van der Waals surface area contributed by atoms with Gasteiger partial charge in [0.15, 0.2) is 0 Å². The zero-order chi connectivity index (χ0) is 13.8. The standard InChI is InChI=1S/C16H21NO2/c1-11(2)15-5-4-14(8-12(15)3)19-10-16-13(9-17)6-7-18-16/h4-8,11H,9-10,17H2,1-3H3. The Hall–Kier alpha value is -1.74. The Balaban J connectivity index is 2.06. The van der Waals surface area contributed by atoms with Gasteiger partial charge >= 0.3 is 0 Å². The Bertz CT molecular complexity index is 543. The van der Waals surface area contributed by atoms with Crippen molar-refractivity contribution in [1.82, 2.24) is 0 Å². The molecule has 0 radical (unpaired) electrons. The number of hydrogen-bond donors (Lipinski definition) is 1. The molecule has 3 heteroatoms. The largest absolute Gasteiger partial charge is 0.486 e. The summed E-state index contributed by atoms with van der Waals surface area (Å²) in [7, 11) is 0. The van der Waals surface area contributed by atoms with Crippen molar-refractivity contribution in [2.75, 3.05) is 0 Å². The van der Waals surface area contributed by atoms with Gasteiger partial charge in [-0.1, -0.05) is 19.9 Å². The van der Waals surface area contributed by atoms with Crippen LogP contribution in [0.1, 0.15) is 42.2 Å². The van der Waals surface area contributed by atoms with E-state index < -0.39 is 0 Å². The normalized spacial score (nSPS) is 11.0. The van der Waals surface area contributed by atoms with Crippen LogP contribution in [0.25, 0.3) is 0 Å². The molecule has 1 heterocycles. The predicted octanol–water partition coefficient (Wildman–Crippen LogP) is 3.75. The van der Waals surface area contributed by atoms with E-state index in [1.54, 1.807) is 6.26 Å². The van der Waals surface area contributed by atoms with Gasteiger partial charge in [-0.3, -0.25) is 0 Å². The Morgan fingerprint density at radius 1 is 1.26 bits per heavy atom. The van der Waals surface area contributed by atoms with Crippen molar-refractivity contribution in [3.05, 3.63) is 53.0 Å². The fourth-order valence-corrected chi connectivity index (χ4v) is 2.21. The first-order valence-corrected chi connectivity index (χ1v) is 6.60. The molecule has 2 aromatic rings. The van der Waals surface area contributed by atoms with Gasteiger partial charge in [0.1, 0.15) is 18.1 Å². The van der Waals surface area contributed by atoms with E-state index in [-0.39, 0.29) is 0 Å². The first kappa shape index (κ1) is 13.7. The van der Waals surface area contributed by atoms with Crippen LogP contribution in [0.5, 0.6) is 5.75 Å². The van der Waals surface area contributed by atoms with E-state index in [0.717, 1.165) is 17.1 Å². The molecule has 0 saturated heterocycles. The van der Waals surface area contributed by atoms with Crippen LogP contribution < -0.4 is 10.5 Å². The molecular formula is C16H21NO2. The van der Waals surface area contributed by atoms with E-state index in [0.29, 0.717) is 19.1 Å². The molecule has 2 N–H and O–H groups in total. The van der Waals surface area contributed by atoms with Gasteiger partial charge in [0.2, 0.25) is 0 Å². The van der Waals surface area contributed by atoms with Crippen LogP contribution in [0, 0.1) is 6.92 Å². The molecule has 0 aliphatic rings. The van der Waals surface area contributed by atoms with Crippen LogP contribution in [0.15, 0.2) is 34.9 Å². The summed E-state index contributed by atoms with van der Waals surface area (Å²) in [4.78, 5) is 0. The van der Waals surface area contributed by atoms with Gasteiger partial charge in [-0.2, -0.15) is 0 Å². The highest BCUT2D eigenvalue weighted by molar-refractivity contribution is 5.36. The van der Waals surface area contributed by atoms with Crippen LogP contribution >= 0.6 is 0 Å². The highest BCUT2D eigenvalue weighted by Crippen LogP contribution is 2.24. The second kappa shape index (κ2) is 5.93. The Morgan fingerprint density at radius 3 is 2.68 bits per heavy atom. The van der Waals surface area contributed by atoms with Gasteiger partial charge in [-0.15, -0.1) is 0 Å². The lowest BCUT2D eigenvalue weighted by Gasteiger charge is -2.12. The third-order valence-corrected chi connectivity index (χ3v) is 3.29. The van der Waals surface area contributed by atoms with Gasteiger partial charge in [0, 0.05) is 12.1 Å². The maximum atomic E-state index is 5.76. The fourth-order valence-electron chi connectivity index (χ4n) is 2.21. The lowest BCUT2D eigenvalue weighted by molar-refractivity contribution is 0.268. The molecule has 0 amide bonds.